The van der Waals surface area contributed by atoms with Gasteiger partial charge in [-0.2, -0.15) is 11.8 Å². The molecule has 0 spiro atoms. The Labute approximate surface area is 145 Å². The monoisotopic (exact) mass is 370 g/mol. The largest absolute Gasteiger partial charge is 0.381 e. The maximum absolute atomic E-state index is 5.60. The van der Waals surface area contributed by atoms with E-state index in [0.717, 1.165) is 63.1 Å². The highest BCUT2D eigenvalue weighted by Gasteiger charge is 2.22. The van der Waals surface area contributed by atoms with Crippen LogP contribution in [0.1, 0.15) is 12.8 Å². The Morgan fingerprint density at radius 3 is 2.27 bits per heavy atom. The predicted molar refractivity (Wildman–Crippen MR) is 93.7 cm³/mol. The zero-order chi connectivity index (χ0) is 15.3. The summed E-state index contributed by atoms with van der Waals surface area (Å²) in [6.07, 6.45) is 2.23. The first kappa shape index (κ1) is 19.2. The highest BCUT2D eigenvalue weighted by Crippen LogP contribution is 2.24. The van der Waals surface area contributed by atoms with Gasteiger partial charge in [0.25, 0.3) is 0 Å². The Morgan fingerprint density at radius 1 is 0.773 bits per heavy atom. The van der Waals surface area contributed by atoms with Gasteiger partial charge in [0.05, 0.1) is 25.8 Å². The van der Waals surface area contributed by atoms with Crippen molar-refractivity contribution < 1.29 is 23.7 Å². The van der Waals surface area contributed by atoms with Gasteiger partial charge in [0.2, 0.25) is 0 Å². The van der Waals surface area contributed by atoms with Crippen LogP contribution in [-0.4, -0.2) is 73.9 Å². The highest BCUT2D eigenvalue weighted by atomic mass is 32.2. The topological polar surface area (TPSA) is 52.8 Å². The van der Waals surface area contributed by atoms with Crippen LogP contribution >= 0.6 is 35.3 Å². The molecule has 2 unspecified atom stereocenters. The quantitative estimate of drug-likeness (QED) is 0.220. The van der Waals surface area contributed by atoms with Crippen molar-refractivity contribution >= 4 is 35.3 Å². The molecule has 22 heavy (non-hydrogen) atoms. The van der Waals surface area contributed by atoms with Crippen molar-refractivity contribution in [3.63, 3.8) is 0 Å². The summed E-state index contributed by atoms with van der Waals surface area (Å²) in [6.45, 7) is 4.66. The van der Waals surface area contributed by atoms with Crippen molar-refractivity contribution in [1.29, 1.82) is 0 Å². The van der Waals surface area contributed by atoms with E-state index in [1.165, 1.54) is 0 Å². The lowest BCUT2D eigenvalue weighted by atomic mass is 10.5. The van der Waals surface area contributed by atoms with Gasteiger partial charge in [-0.3, -0.25) is 0 Å². The van der Waals surface area contributed by atoms with Crippen LogP contribution in [0.5, 0.6) is 0 Å². The fraction of sp³-hybridized carbons (Fsp3) is 1.00. The fourth-order valence-electron chi connectivity index (χ4n) is 1.51. The molecule has 2 rings (SSSR count). The summed E-state index contributed by atoms with van der Waals surface area (Å²) in [5.41, 5.74) is 0.846. The summed E-state index contributed by atoms with van der Waals surface area (Å²) >= 11 is 5.48. The molecule has 2 saturated heterocycles. The maximum Gasteiger partial charge on any atom is 0.147 e. The van der Waals surface area contributed by atoms with Crippen LogP contribution in [-0.2, 0) is 23.7 Å². The summed E-state index contributed by atoms with van der Waals surface area (Å²) in [5.74, 6) is 3.94. The van der Waals surface area contributed by atoms with Crippen molar-refractivity contribution in [2.24, 2.45) is 0 Å². The number of epoxide rings is 2. The molecule has 0 radical (unpaired) electrons. The number of rotatable bonds is 17. The SMILES string of the molecule is C(COCCCSC1CO1)CSCCOCOCSC1CO1. The average molecular weight is 371 g/mol. The van der Waals surface area contributed by atoms with E-state index in [1.807, 2.05) is 23.5 Å². The van der Waals surface area contributed by atoms with Crippen LogP contribution in [0.3, 0.4) is 0 Å². The Kier molecular flexibility index (Phi) is 11.5. The molecule has 0 aromatic heterocycles. The second kappa shape index (κ2) is 13.2. The summed E-state index contributed by atoms with van der Waals surface area (Å²) in [4.78, 5) is 0. The molecule has 0 saturated carbocycles. The molecule has 130 valence electrons. The van der Waals surface area contributed by atoms with Crippen molar-refractivity contribution in [3.8, 4) is 0 Å². The molecule has 0 aliphatic carbocycles. The second-order valence-corrected chi connectivity index (χ2v) is 8.43. The molecule has 2 aliphatic rings. The van der Waals surface area contributed by atoms with Crippen LogP contribution in [0.2, 0.25) is 0 Å². The van der Waals surface area contributed by atoms with Gasteiger partial charge in [0.15, 0.2) is 0 Å². The second-order valence-electron chi connectivity index (χ2n) is 4.84. The first-order valence-electron chi connectivity index (χ1n) is 7.72. The standard InChI is InChI=1S/C14H26O5S3/c1(3-15-4-2-7-21-13-9-18-13)6-20-8-5-16-11-17-12-22-14-10-19-14/h13-14H,1-12H2. The zero-order valence-electron chi connectivity index (χ0n) is 12.9. The lowest BCUT2D eigenvalue weighted by Gasteiger charge is -2.06. The summed E-state index contributed by atoms with van der Waals surface area (Å²) < 4.78 is 26.5. The van der Waals surface area contributed by atoms with Gasteiger partial charge in [0.1, 0.15) is 17.7 Å². The van der Waals surface area contributed by atoms with Crippen molar-refractivity contribution in [3.05, 3.63) is 0 Å². The third kappa shape index (κ3) is 12.3. The molecule has 0 N–H and O–H groups in total. The Hall–Kier alpha value is 0.850. The minimum atomic E-state index is 0.365. The molecule has 0 aromatic carbocycles. The van der Waals surface area contributed by atoms with Crippen LogP contribution in [0.25, 0.3) is 0 Å². The van der Waals surface area contributed by atoms with Gasteiger partial charge in [-0.05, 0) is 24.3 Å². The number of hydrogen-bond donors (Lipinski definition) is 0. The summed E-state index contributed by atoms with van der Waals surface area (Å²) in [5, 5.41) is 0. The average Bonchev–Trinajstić information content (AvgIpc) is 3.41. The van der Waals surface area contributed by atoms with E-state index < -0.39 is 0 Å². The van der Waals surface area contributed by atoms with Gasteiger partial charge >= 0.3 is 0 Å². The minimum Gasteiger partial charge on any atom is -0.381 e. The van der Waals surface area contributed by atoms with Crippen LogP contribution in [0, 0.1) is 0 Å². The first-order valence-corrected chi connectivity index (χ1v) is 11.0. The van der Waals surface area contributed by atoms with Crippen molar-refractivity contribution in [2.75, 3.05) is 63.0 Å². The summed E-state index contributed by atoms with van der Waals surface area (Å²) in [6, 6.07) is 0. The molecular formula is C14H26O5S3. The molecule has 0 aromatic rings. The smallest absolute Gasteiger partial charge is 0.147 e. The lowest BCUT2D eigenvalue weighted by molar-refractivity contribution is -0.0301. The lowest BCUT2D eigenvalue weighted by Crippen LogP contribution is -2.04. The first-order chi connectivity index (χ1) is 10.9. The molecular weight excluding hydrogens is 344 g/mol. The third-order valence-corrected chi connectivity index (χ3v) is 5.94. The van der Waals surface area contributed by atoms with E-state index in [4.69, 9.17) is 23.7 Å². The van der Waals surface area contributed by atoms with Gasteiger partial charge < -0.3 is 23.7 Å². The van der Waals surface area contributed by atoms with Gasteiger partial charge in [0, 0.05) is 19.0 Å². The Morgan fingerprint density at radius 2 is 1.50 bits per heavy atom. The maximum atomic E-state index is 5.60. The molecule has 0 amide bonds. The number of ether oxygens (including phenoxy) is 5. The zero-order valence-corrected chi connectivity index (χ0v) is 15.4. The molecule has 8 heteroatoms. The van der Waals surface area contributed by atoms with Gasteiger partial charge in [-0.15, -0.1) is 11.8 Å². The van der Waals surface area contributed by atoms with Crippen LogP contribution in [0.15, 0.2) is 0 Å². The Balaban J connectivity index is 1.16. The van der Waals surface area contributed by atoms with Gasteiger partial charge in [-0.1, -0.05) is 11.8 Å². The normalized spacial score (nSPS) is 22.9. The minimum absolute atomic E-state index is 0.365. The molecule has 5 nitrogen and oxygen atoms in total. The van der Waals surface area contributed by atoms with E-state index in [-0.39, 0.29) is 0 Å². The highest BCUT2D eigenvalue weighted by molar-refractivity contribution is 8.00. The van der Waals surface area contributed by atoms with E-state index in [9.17, 15) is 0 Å². The van der Waals surface area contributed by atoms with Gasteiger partial charge in [-0.25, -0.2) is 0 Å². The van der Waals surface area contributed by atoms with Crippen LogP contribution < -0.4 is 0 Å². The molecule has 2 aliphatic heterocycles. The fourth-order valence-corrected chi connectivity index (χ4v) is 3.67. The molecule has 2 heterocycles. The van der Waals surface area contributed by atoms with E-state index in [1.54, 1.807) is 11.8 Å². The van der Waals surface area contributed by atoms with Crippen molar-refractivity contribution in [1.82, 2.24) is 0 Å². The van der Waals surface area contributed by atoms with E-state index in [2.05, 4.69) is 0 Å². The number of hydrogen-bond acceptors (Lipinski definition) is 8. The van der Waals surface area contributed by atoms with E-state index in [0.29, 0.717) is 23.6 Å². The Bertz CT molecular complexity index is 239. The number of thioether (sulfide) groups is 3. The molecule has 0 bridgehead atoms. The van der Waals surface area contributed by atoms with E-state index >= 15 is 0 Å². The third-order valence-electron chi connectivity index (χ3n) is 2.80. The predicted octanol–water partition coefficient (Wildman–Crippen LogP) is 2.64. The molecule has 2 atom stereocenters. The van der Waals surface area contributed by atoms with Crippen molar-refractivity contribution in [2.45, 2.75) is 23.7 Å². The summed E-state index contributed by atoms with van der Waals surface area (Å²) in [7, 11) is 0. The molecule has 2 fully saturated rings. The van der Waals surface area contributed by atoms with Crippen LogP contribution in [0.4, 0.5) is 0 Å².